The van der Waals surface area contributed by atoms with Gasteiger partial charge in [0.2, 0.25) is 0 Å². The van der Waals surface area contributed by atoms with Gasteiger partial charge in [-0.3, -0.25) is 4.79 Å². The van der Waals surface area contributed by atoms with Crippen molar-refractivity contribution < 1.29 is 14.3 Å². The maximum atomic E-state index is 12.0. The Bertz CT molecular complexity index is 427. The van der Waals surface area contributed by atoms with Crippen LogP contribution in [-0.2, 0) is 4.74 Å². The number of benzene rings is 1. The van der Waals surface area contributed by atoms with Crippen molar-refractivity contribution in [1.82, 2.24) is 4.90 Å². The number of nitrogens with zero attached hydrogens (tertiary/aromatic N) is 1. The number of carbonyl (C=O) groups excluding carboxylic acids is 2. The zero-order chi connectivity index (χ0) is 11.5. The molecule has 0 aliphatic carbocycles. The summed E-state index contributed by atoms with van der Waals surface area (Å²) in [6, 6.07) is 8.25. The topological polar surface area (TPSA) is 46.6 Å². The van der Waals surface area contributed by atoms with Gasteiger partial charge in [0, 0.05) is 5.56 Å². The van der Waals surface area contributed by atoms with Crippen LogP contribution in [0.3, 0.4) is 0 Å². The average Bonchev–Trinajstić information content (AvgIpc) is 2.70. The van der Waals surface area contributed by atoms with E-state index in [1.165, 1.54) is 6.08 Å². The van der Waals surface area contributed by atoms with Crippen LogP contribution in [0.4, 0.5) is 4.79 Å². The van der Waals surface area contributed by atoms with E-state index in [0.29, 0.717) is 5.56 Å². The van der Waals surface area contributed by atoms with Crippen LogP contribution in [0.25, 0.3) is 0 Å². The Balaban J connectivity index is 2.27. The number of ether oxygens (including phenoxy) is 1. The van der Waals surface area contributed by atoms with Crippen molar-refractivity contribution in [1.29, 1.82) is 0 Å². The van der Waals surface area contributed by atoms with Crippen molar-refractivity contribution in [2.24, 2.45) is 0 Å². The van der Waals surface area contributed by atoms with E-state index in [9.17, 15) is 9.59 Å². The molecule has 2 rings (SSSR count). The van der Waals surface area contributed by atoms with Crippen LogP contribution >= 0.6 is 0 Å². The summed E-state index contributed by atoms with van der Waals surface area (Å²) in [5.41, 5.74) is 0.466. The SMILES string of the molecule is C=CC1COC(=O)N1C(=O)c1ccccc1. The predicted octanol–water partition coefficient (Wildman–Crippen LogP) is 1.83. The van der Waals surface area contributed by atoms with Crippen LogP contribution in [0.15, 0.2) is 43.0 Å². The molecular formula is C12H11NO3. The number of cyclic esters (lactones) is 1. The summed E-state index contributed by atoms with van der Waals surface area (Å²) in [6.07, 6.45) is 0.921. The zero-order valence-corrected chi connectivity index (χ0v) is 8.63. The first-order valence-electron chi connectivity index (χ1n) is 4.92. The van der Waals surface area contributed by atoms with Gasteiger partial charge in [0.15, 0.2) is 0 Å². The fourth-order valence-corrected chi connectivity index (χ4v) is 1.56. The summed E-state index contributed by atoms with van der Waals surface area (Å²) in [4.78, 5) is 24.5. The molecule has 1 aromatic rings. The van der Waals surface area contributed by atoms with Gasteiger partial charge in [-0.25, -0.2) is 9.69 Å². The molecule has 0 aromatic heterocycles. The minimum Gasteiger partial charge on any atom is -0.447 e. The van der Waals surface area contributed by atoms with Crippen LogP contribution < -0.4 is 0 Å². The van der Waals surface area contributed by atoms with E-state index in [1.54, 1.807) is 24.3 Å². The highest BCUT2D eigenvalue weighted by atomic mass is 16.6. The summed E-state index contributed by atoms with van der Waals surface area (Å²) < 4.78 is 4.81. The molecule has 1 heterocycles. The Labute approximate surface area is 93.1 Å². The van der Waals surface area contributed by atoms with Crippen molar-refractivity contribution in [3.05, 3.63) is 48.6 Å². The number of imide groups is 1. The van der Waals surface area contributed by atoms with Crippen molar-refractivity contribution in [2.45, 2.75) is 6.04 Å². The van der Waals surface area contributed by atoms with Crippen LogP contribution in [0.2, 0.25) is 0 Å². The Hall–Kier alpha value is -2.10. The summed E-state index contributed by atoms with van der Waals surface area (Å²) >= 11 is 0. The van der Waals surface area contributed by atoms with Crippen LogP contribution in [-0.4, -0.2) is 29.5 Å². The lowest BCUT2D eigenvalue weighted by molar-refractivity contribution is 0.0790. The molecule has 4 heteroatoms. The molecule has 0 spiro atoms. The summed E-state index contributed by atoms with van der Waals surface area (Å²) in [6.45, 7) is 3.76. The van der Waals surface area contributed by atoms with Gasteiger partial charge in [-0.05, 0) is 12.1 Å². The van der Waals surface area contributed by atoms with Crippen molar-refractivity contribution >= 4 is 12.0 Å². The normalized spacial score (nSPS) is 19.4. The van der Waals surface area contributed by atoms with E-state index < -0.39 is 6.09 Å². The van der Waals surface area contributed by atoms with Gasteiger partial charge in [0.05, 0.1) is 6.04 Å². The fourth-order valence-electron chi connectivity index (χ4n) is 1.56. The summed E-state index contributed by atoms with van der Waals surface area (Å²) in [5.74, 6) is -0.354. The molecule has 2 amide bonds. The molecular weight excluding hydrogens is 206 g/mol. The quantitative estimate of drug-likeness (QED) is 0.710. The molecule has 1 fully saturated rings. The van der Waals surface area contributed by atoms with Crippen molar-refractivity contribution in [3.63, 3.8) is 0 Å². The molecule has 16 heavy (non-hydrogen) atoms. The molecule has 1 unspecified atom stereocenters. The largest absolute Gasteiger partial charge is 0.447 e. The second-order valence-corrected chi connectivity index (χ2v) is 3.42. The Morgan fingerprint density at radius 3 is 2.75 bits per heavy atom. The number of amides is 2. The van der Waals surface area contributed by atoms with Crippen LogP contribution in [0.5, 0.6) is 0 Å². The molecule has 0 bridgehead atoms. The summed E-state index contributed by atoms with van der Waals surface area (Å²) in [7, 11) is 0. The number of carbonyl (C=O) groups is 2. The molecule has 0 radical (unpaired) electrons. The first-order valence-corrected chi connectivity index (χ1v) is 4.92. The van der Waals surface area contributed by atoms with Gasteiger partial charge in [0.1, 0.15) is 6.61 Å². The average molecular weight is 217 g/mol. The molecule has 1 aliphatic rings. The second kappa shape index (κ2) is 4.18. The second-order valence-electron chi connectivity index (χ2n) is 3.42. The lowest BCUT2D eigenvalue weighted by Crippen LogP contribution is -2.37. The summed E-state index contributed by atoms with van der Waals surface area (Å²) in [5, 5.41) is 0. The molecule has 82 valence electrons. The molecule has 4 nitrogen and oxygen atoms in total. The van der Waals surface area contributed by atoms with E-state index in [4.69, 9.17) is 4.74 Å². The molecule has 1 atom stereocenters. The van der Waals surface area contributed by atoms with Crippen molar-refractivity contribution in [3.8, 4) is 0 Å². The molecule has 1 aromatic carbocycles. The number of hydrogen-bond acceptors (Lipinski definition) is 3. The highest BCUT2D eigenvalue weighted by molar-refractivity contribution is 6.04. The number of hydrogen-bond donors (Lipinski definition) is 0. The molecule has 1 aliphatic heterocycles. The van der Waals surface area contributed by atoms with Crippen LogP contribution in [0, 0.1) is 0 Å². The standard InChI is InChI=1S/C12H11NO3/c1-2-10-8-16-12(15)13(10)11(14)9-6-4-3-5-7-9/h2-7,10H,1,8H2. The maximum Gasteiger partial charge on any atom is 0.417 e. The van der Waals surface area contributed by atoms with E-state index in [-0.39, 0.29) is 18.6 Å². The van der Waals surface area contributed by atoms with E-state index in [2.05, 4.69) is 6.58 Å². The highest BCUT2D eigenvalue weighted by Crippen LogP contribution is 2.16. The lowest BCUT2D eigenvalue weighted by Gasteiger charge is -2.16. The van der Waals surface area contributed by atoms with Gasteiger partial charge in [0.25, 0.3) is 5.91 Å². The Morgan fingerprint density at radius 2 is 2.12 bits per heavy atom. The lowest BCUT2D eigenvalue weighted by atomic mass is 10.2. The maximum absolute atomic E-state index is 12.0. The van der Waals surface area contributed by atoms with Gasteiger partial charge in [-0.2, -0.15) is 0 Å². The van der Waals surface area contributed by atoms with Crippen molar-refractivity contribution in [2.75, 3.05) is 6.61 Å². The monoisotopic (exact) mass is 217 g/mol. The molecule has 0 saturated carbocycles. The van der Waals surface area contributed by atoms with Gasteiger partial charge in [-0.15, -0.1) is 6.58 Å². The van der Waals surface area contributed by atoms with Gasteiger partial charge in [-0.1, -0.05) is 24.3 Å². The van der Waals surface area contributed by atoms with E-state index >= 15 is 0 Å². The minimum absolute atomic E-state index is 0.181. The third-order valence-corrected chi connectivity index (χ3v) is 2.42. The third kappa shape index (κ3) is 1.69. The Kier molecular flexibility index (Phi) is 2.72. The zero-order valence-electron chi connectivity index (χ0n) is 8.63. The third-order valence-electron chi connectivity index (χ3n) is 2.42. The molecule has 0 N–H and O–H groups in total. The molecule has 1 saturated heterocycles. The van der Waals surface area contributed by atoms with E-state index in [0.717, 1.165) is 4.90 Å². The first-order chi connectivity index (χ1) is 7.74. The van der Waals surface area contributed by atoms with Crippen LogP contribution in [0.1, 0.15) is 10.4 Å². The predicted molar refractivity (Wildman–Crippen MR) is 57.9 cm³/mol. The van der Waals surface area contributed by atoms with Gasteiger partial charge < -0.3 is 4.74 Å². The fraction of sp³-hybridized carbons (Fsp3) is 0.167. The Morgan fingerprint density at radius 1 is 1.44 bits per heavy atom. The number of rotatable bonds is 2. The minimum atomic E-state index is -0.612. The first kappa shape index (κ1) is 10.4. The van der Waals surface area contributed by atoms with Gasteiger partial charge >= 0.3 is 6.09 Å². The smallest absolute Gasteiger partial charge is 0.417 e. The highest BCUT2D eigenvalue weighted by Gasteiger charge is 2.36. The van der Waals surface area contributed by atoms with E-state index in [1.807, 2.05) is 6.07 Å².